The predicted molar refractivity (Wildman–Crippen MR) is 148 cm³/mol. The first-order valence-corrected chi connectivity index (χ1v) is 13.5. The van der Waals surface area contributed by atoms with Crippen molar-refractivity contribution in [2.24, 2.45) is 0 Å². The Morgan fingerprint density at radius 3 is 2.32 bits per heavy atom. The van der Waals surface area contributed by atoms with Crippen molar-refractivity contribution in [3.63, 3.8) is 0 Å². The van der Waals surface area contributed by atoms with Crippen LogP contribution in [0.1, 0.15) is 72.9 Å². The van der Waals surface area contributed by atoms with E-state index in [-0.39, 0.29) is 18.1 Å². The molecule has 0 aliphatic heterocycles. The molecule has 3 rings (SSSR count). The summed E-state index contributed by atoms with van der Waals surface area (Å²) in [6, 6.07) is 25.1. The molecule has 0 spiro atoms. The van der Waals surface area contributed by atoms with Gasteiger partial charge in [0.25, 0.3) is 0 Å². The number of aryl methyl sites for hydroxylation is 2. The minimum atomic E-state index is -1.00. The molecule has 0 saturated carbocycles. The summed E-state index contributed by atoms with van der Waals surface area (Å²) in [5.74, 6) is -0.413. The Hall–Kier alpha value is -3.80. The van der Waals surface area contributed by atoms with E-state index in [1.165, 1.54) is 17.7 Å². The van der Waals surface area contributed by atoms with E-state index in [9.17, 15) is 14.7 Å². The zero-order chi connectivity index (χ0) is 27.0. The quantitative estimate of drug-likeness (QED) is 0.173. The number of benzene rings is 3. The lowest BCUT2D eigenvalue weighted by Gasteiger charge is -2.20. The Labute approximate surface area is 225 Å². The van der Waals surface area contributed by atoms with E-state index in [0.29, 0.717) is 31.6 Å². The van der Waals surface area contributed by atoms with Gasteiger partial charge in [-0.2, -0.15) is 0 Å². The fraction of sp³-hybridized carbons (Fsp3) is 0.375. The van der Waals surface area contributed by atoms with Crippen molar-refractivity contribution >= 4 is 11.9 Å². The highest BCUT2D eigenvalue weighted by Gasteiger charge is 2.15. The lowest BCUT2D eigenvalue weighted by molar-refractivity contribution is -0.137. The highest BCUT2D eigenvalue weighted by Crippen LogP contribution is 2.24. The number of hydrogen-bond donors (Lipinski definition) is 2. The van der Waals surface area contributed by atoms with E-state index in [0.717, 1.165) is 49.8 Å². The third-order valence-corrected chi connectivity index (χ3v) is 6.47. The highest BCUT2D eigenvalue weighted by atomic mass is 16.5. The van der Waals surface area contributed by atoms with Gasteiger partial charge in [-0.3, -0.25) is 4.79 Å². The fourth-order valence-corrected chi connectivity index (χ4v) is 4.41. The number of hydrogen-bond acceptors (Lipinski definition) is 4. The monoisotopic (exact) mass is 518 g/mol. The summed E-state index contributed by atoms with van der Waals surface area (Å²) in [5, 5.41) is 18.2. The lowest BCUT2D eigenvalue weighted by atomic mass is 10.0. The smallest absolute Gasteiger partial charge is 0.335 e. The van der Waals surface area contributed by atoms with Gasteiger partial charge in [0.2, 0.25) is 0 Å². The molecule has 0 aliphatic carbocycles. The summed E-state index contributed by atoms with van der Waals surface area (Å²) in [6.45, 7) is 0.670. The topological polar surface area (TPSA) is 93.1 Å². The Balaban J connectivity index is 1.51. The van der Waals surface area contributed by atoms with E-state index in [1.54, 1.807) is 12.1 Å². The number of carboxylic acids is 2. The van der Waals surface area contributed by atoms with E-state index >= 15 is 0 Å². The zero-order valence-corrected chi connectivity index (χ0v) is 21.9. The van der Waals surface area contributed by atoms with Gasteiger partial charge in [0.15, 0.2) is 0 Å². The molecule has 202 valence electrons. The number of aromatic carboxylic acids is 1. The molecule has 2 N–H and O–H groups in total. The number of carboxylic acid groups (broad SMARTS) is 2. The molecule has 0 saturated heterocycles. The Bertz CT molecular complexity index is 1130. The molecule has 0 aliphatic rings. The minimum absolute atomic E-state index is 0.128. The van der Waals surface area contributed by atoms with E-state index < -0.39 is 11.9 Å². The molecule has 0 amide bonds. The Morgan fingerprint density at radius 2 is 1.53 bits per heavy atom. The first-order chi connectivity index (χ1) is 18.5. The second-order valence-corrected chi connectivity index (χ2v) is 9.50. The highest BCUT2D eigenvalue weighted by molar-refractivity contribution is 5.88. The predicted octanol–water partition coefficient (Wildman–Crippen LogP) is 7.20. The van der Waals surface area contributed by atoms with Crippen LogP contribution in [-0.4, -0.2) is 34.9 Å². The van der Waals surface area contributed by atoms with Crippen LogP contribution in [0, 0.1) is 0 Å². The third kappa shape index (κ3) is 10.7. The SMILES string of the molecule is O=C(O)CCCCC(CCc1ccccc1OCCCCCc1ccccc1)Oc1cccc(C(=O)O)c1. The van der Waals surface area contributed by atoms with Gasteiger partial charge < -0.3 is 19.7 Å². The first-order valence-electron chi connectivity index (χ1n) is 13.5. The van der Waals surface area contributed by atoms with Crippen molar-refractivity contribution in [2.75, 3.05) is 6.61 Å². The summed E-state index contributed by atoms with van der Waals surface area (Å²) < 4.78 is 12.3. The summed E-state index contributed by atoms with van der Waals surface area (Å²) in [5.41, 5.74) is 2.65. The zero-order valence-electron chi connectivity index (χ0n) is 21.9. The number of carbonyl (C=O) groups is 2. The van der Waals surface area contributed by atoms with Gasteiger partial charge in [-0.25, -0.2) is 4.79 Å². The largest absolute Gasteiger partial charge is 0.493 e. The second kappa shape index (κ2) is 16.1. The van der Waals surface area contributed by atoms with Gasteiger partial charge in [0, 0.05) is 6.42 Å². The Morgan fingerprint density at radius 1 is 0.737 bits per heavy atom. The van der Waals surface area contributed by atoms with E-state index in [2.05, 4.69) is 30.3 Å². The maximum Gasteiger partial charge on any atom is 0.335 e. The van der Waals surface area contributed by atoms with Crippen LogP contribution in [-0.2, 0) is 17.6 Å². The molecular formula is C32H38O6. The van der Waals surface area contributed by atoms with Crippen LogP contribution >= 0.6 is 0 Å². The van der Waals surface area contributed by atoms with Crippen molar-refractivity contribution in [3.05, 3.63) is 95.6 Å². The van der Waals surface area contributed by atoms with Gasteiger partial charge in [-0.05, 0) is 93.2 Å². The molecule has 1 unspecified atom stereocenters. The first kappa shape index (κ1) is 28.8. The summed E-state index contributed by atoms with van der Waals surface area (Å²) in [7, 11) is 0. The molecule has 0 heterocycles. The van der Waals surface area contributed by atoms with Crippen LogP contribution in [0.4, 0.5) is 0 Å². The number of unbranched alkanes of at least 4 members (excludes halogenated alkanes) is 3. The molecule has 0 radical (unpaired) electrons. The lowest BCUT2D eigenvalue weighted by Crippen LogP contribution is -2.18. The molecule has 1 atom stereocenters. The third-order valence-electron chi connectivity index (χ3n) is 6.47. The molecule has 6 nitrogen and oxygen atoms in total. The van der Waals surface area contributed by atoms with Crippen molar-refractivity contribution in [3.8, 4) is 11.5 Å². The maximum atomic E-state index is 11.3. The van der Waals surface area contributed by atoms with Gasteiger partial charge in [-0.15, -0.1) is 0 Å². The molecule has 0 fully saturated rings. The number of rotatable bonds is 18. The molecular weight excluding hydrogens is 480 g/mol. The van der Waals surface area contributed by atoms with E-state index in [1.807, 2.05) is 24.3 Å². The number of aliphatic carboxylic acids is 1. The second-order valence-electron chi connectivity index (χ2n) is 9.50. The van der Waals surface area contributed by atoms with Crippen LogP contribution in [0.2, 0.25) is 0 Å². The molecule has 6 heteroatoms. The fourth-order valence-electron chi connectivity index (χ4n) is 4.41. The minimum Gasteiger partial charge on any atom is -0.493 e. The van der Waals surface area contributed by atoms with Gasteiger partial charge >= 0.3 is 11.9 Å². The number of para-hydroxylation sites is 1. The van der Waals surface area contributed by atoms with Crippen LogP contribution in [0.5, 0.6) is 11.5 Å². The maximum absolute atomic E-state index is 11.3. The van der Waals surface area contributed by atoms with Crippen LogP contribution in [0.15, 0.2) is 78.9 Å². The average Bonchev–Trinajstić information content (AvgIpc) is 2.92. The molecule has 0 aromatic heterocycles. The van der Waals surface area contributed by atoms with E-state index in [4.69, 9.17) is 14.6 Å². The summed E-state index contributed by atoms with van der Waals surface area (Å²) >= 11 is 0. The van der Waals surface area contributed by atoms with Crippen molar-refractivity contribution < 1.29 is 29.3 Å². The van der Waals surface area contributed by atoms with Gasteiger partial charge in [0.1, 0.15) is 11.5 Å². The summed E-state index contributed by atoms with van der Waals surface area (Å²) in [6.07, 6.45) is 7.73. The Kier molecular flexibility index (Phi) is 12.2. The van der Waals surface area contributed by atoms with Crippen molar-refractivity contribution in [1.82, 2.24) is 0 Å². The van der Waals surface area contributed by atoms with Crippen molar-refractivity contribution in [2.45, 2.75) is 70.3 Å². The van der Waals surface area contributed by atoms with Gasteiger partial charge in [0.05, 0.1) is 18.3 Å². The molecule has 3 aromatic rings. The van der Waals surface area contributed by atoms with Gasteiger partial charge in [-0.1, -0.05) is 54.6 Å². The normalized spacial score (nSPS) is 11.6. The standard InChI is InChI=1S/C32H38O6/c33-31(34)20-9-7-17-28(38-29-18-11-16-27(24-29)32(35)36)22-21-26-15-6-8-19-30(26)37-23-10-2-5-14-25-12-3-1-4-13-25/h1,3-4,6,8,11-13,15-16,18-19,24,28H,2,5,7,9-10,14,17,20-23H2,(H,33,34)(H,35,36). The van der Waals surface area contributed by atoms with Crippen LogP contribution in [0.3, 0.4) is 0 Å². The molecule has 38 heavy (non-hydrogen) atoms. The van der Waals surface area contributed by atoms with Crippen LogP contribution in [0.25, 0.3) is 0 Å². The van der Waals surface area contributed by atoms with Crippen LogP contribution < -0.4 is 9.47 Å². The van der Waals surface area contributed by atoms with Crippen molar-refractivity contribution in [1.29, 1.82) is 0 Å². The summed E-state index contributed by atoms with van der Waals surface area (Å²) in [4.78, 5) is 22.2. The average molecular weight is 519 g/mol. The molecule has 0 bridgehead atoms. The molecule has 3 aromatic carbocycles. The number of ether oxygens (including phenoxy) is 2.